The summed E-state index contributed by atoms with van der Waals surface area (Å²) in [5, 5.41) is 16.5. The minimum Gasteiger partial charge on any atom is -0.481 e. The molecule has 0 unspecified atom stereocenters. The molecule has 2 N–H and O–H groups in total. The monoisotopic (exact) mass is 118 g/mol. The number of aliphatic carboxylic acids is 1. The Kier molecular flexibility index (Phi) is 3.19. The molecule has 1 atom stereocenters. The predicted molar refractivity (Wildman–Crippen MR) is 28.5 cm³/mol. The Labute approximate surface area is 47.9 Å². The van der Waals surface area contributed by atoms with Crippen molar-refractivity contribution in [2.24, 2.45) is 5.92 Å². The van der Waals surface area contributed by atoms with Gasteiger partial charge in [0.15, 0.2) is 0 Å². The van der Waals surface area contributed by atoms with Crippen LogP contribution in [-0.2, 0) is 4.79 Å². The topological polar surface area (TPSA) is 57.5 Å². The van der Waals surface area contributed by atoms with Crippen LogP contribution in [0.3, 0.4) is 0 Å². The number of carboxylic acids is 1. The van der Waals surface area contributed by atoms with Crippen LogP contribution in [0, 0.1) is 5.92 Å². The Morgan fingerprint density at radius 1 is 1.75 bits per heavy atom. The van der Waals surface area contributed by atoms with Crippen molar-refractivity contribution in [2.45, 2.75) is 13.3 Å². The Morgan fingerprint density at radius 3 is 2.25 bits per heavy atom. The van der Waals surface area contributed by atoms with Gasteiger partial charge in [0.2, 0.25) is 0 Å². The van der Waals surface area contributed by atoms with Crippen LogP contribution in [0.5, 0.6) is 0 Å². The van der Waals surface area contributed by atoms with Gasteiger partial charge in [0.1, 0.15) is 0 Å². The highest BCUT2D eigenvalue weighted by Crippen LogP contribution is 1.98. The van der Waals surface area contributed by atoms with E-state index in [1.807, 2.05) is 0 Å². The standard InChI is InChI=1S/C5H10O3/c1-2-4(3-6)5(7)8/h4,6H,2-3H2,1H3,(H,7,8)/t4-/m0/s1. The Balaban J connectivity index is 3.52. The summed E-state index contributed by atoms with van der Waals surface area (Å²) in [6.07, 6.45) is 0.492. The Bertz CT molecular complexity index is 75.7. The molecule has 0 aromatic heterocycles. The predicted octanol–water partition coefficient (Wildman–Crippen LogP) is 0.0895. The zero-order valence-corrected chi connectivity index (χ0v) is 4.79. The number of hydrogen-bond acceptors (Lipinski definition) is 2. The van der Waals surface area contributed by atoms with E-state index in [0.717, 1.165) is 0 Å². The van der Waals surface area contributed by atoms with Gasteiger partial charge in [0.05, 0.1) is 12.5 Å². The first kappa shape index (κ1) is 7.43. The van der Waals surface area contributed by atoms with Gasteiger partial charge in [-0.2, -0.15) is 0 Å². The molecule has 0 aliphatic rings. The van der Waals surface area contributed by atoms with Crippen LogP contribution in [-0.4, -0.2) is 22.8 Å². The third-order valence-corrected chi connectivity index (χ3v) is 1.06. The highest BCUT2D eigenvalue weighted by molar-refractivity contribution is 5.69. The summed E-state index contributed by atoms with van der Waals surface area (Å²) in [6.45, 7) is 1.47. The fourth-order valence-corrected chi connectivity index (χ4v) is 0.382. The number of aliphatic hydroxyl groups is 1. The molecule has 0 saturated carbocycles. The van der Waals surface area contributed by atoms with E-state index >= 15 is 0 Å². The molecule has 0 spiro atoms. The molecule has 3 heteroatoms. The molecule has 0 aromatic rings. The van der Waals surface area contributed by atoms with Crippen molar-refractivity contribution in [1.82, 2.24) is 0 Å². The van der Waals surface area contributed by atoms with Gasteiger partial charge in [-0.3, -0.25) is 4.79 Å². The summed E-state index contributed by atoms with van der Waals surface area (Å²) in [4.78, 5) is 10.0. The first-order valence-corrected chi connectivity index (χ1v) is 2.56. The van der Waals surface area contributed by atoms with Crippen LogP contribution >= 0.6 is 0 Å². The number of hydrogen-bond donors (Lipinski definition) is 2. The SMILES string of the molecule is CC[C@@H](CO)C(=O)O. The fourth-order valence-electron chi connectivity index (χ4n) is 0.382. The summed E-state index contributed by atoms with van der Waals surface area (Å²) in [5.74, 6) is -1.50. The summed E-state index contributed by atoms with van der Waals surface area (Å²) in [7, 11) is 0. The zero-order valence-electron chi connectivity index (χ0n) is 4.79. The molecular formula is C5H10O3. The molecule has 0 radical (unpaired) electrons. The van der Waals surface area contributed by atoms with E-state index in [9.17, 15) is 4.79 Å². The molecule has 48 valence electrons. The van der Waals surface area contributed by atoms with Gasteiger partial charge in [0, 0.05) is 0 Å². The third kappa shape index (κ3) is 1.93. The fraction of sp³-hybridized carbons (Fsp3) is 0.800. The summed E-state index contributed by atoms with van der Waals surface area (Å²) in [6, 6.07) is 0. The molecule has 0 fully saturated rings. The van der Waals surface area contributed by atoms with Crippen molar-refractivity contribution in [3.05, 3.63) is 0 Å². The van der Waals surface area contributed by atoms with Gasteiger partial charge in [-0.25, -0.2) is 0 Å². The van der Waals surface area contributed by atoms with Crippen LogP contribution in [0.25, 0.3) is 0 Å². The van der Waals surface area contributed by atoms with E-state index in [1.54, 1.807) is 6.92 Å². The normalized spacial score (nSPS) is 13.2. The van der Waals surface area contributed by atoms with E-state index < -0.39 is 11.9 Å². The minimum atomic E-state index is -0.921. The maximum atomic E-state index is 10.0. The zero-order chi connectivity index (χ0) is 6.57. The molecule has 0 rings (SSSR count). The van der Waals surface area contributed by atoms with E-state index in [2.05, 4.69) is 0 Å². The van der Waals surface area contributed by atoms with Gasteiger partial charge < -0.3 is 10.2 Å². The lowest BCUT2D eigenvalue weighted by Gasteiger charge is -2.01. The second-order valence-corrected chi connectivity index (χ2v) is 1.63. The van der Waals surface area contributed by atoms with E-state index in [-0.39, 0.29) is 6.61 Å². The number of carbonyl (C=O) groups is 1. The summed E-state index contributed by atoms with van der Waals surface area (Å²) >= 11 is 0. The number of aliphatic hydroxyl groups excluding tert-OH is 1. The average Bonchev–Trinajstić information content (AvgIpc) is 1.69. The highest BCUT2D eigenvalue weighted by Gasteiger charge is 2.11. The molecule has 0 aliphatic heterocycles. The Morgan fingerprint density at radius 2 is 2.25 bits per heavy atom. The van der Waals surface area contributed by atoms with Crippen LogP contribution in [0.15, 0.2) is 0 Å². The van der Waals surface area contributed by atoms with Gasteiger partial charge in [-0.15, -0.1) is 0 Å². The number of carboxylic acid groups (broad SMARTS) is 1. The van der Waals surface area contributed by atoms with Gasteiger partial charge in [0.25, 0.3) is 0 Å². The van der Waals surface area contributed by atoms with Gasteiger partial charge in [-0.05, 0) is 6.42 Å². The van der Waals surface area contributed by atoms with E-state index in [0.29, 0.717) is 6.42 Å². The largest absolute Gasteiger partial charge is 0.481 e. The van der Waals surface area contributed by atoms with Gasteiger partial charge in [-0.1, -0.05) is 6.92 Å². The van der Waals surface area contributed by atoms with Crippen LogP contribution in [0.2, 0.25) is 0 Å². The van der Waals surface area contributed by atoms with Crippen molar-refractivity contribution in [1.29, 1.82) is 0 Å². The molecule has 0 bridgehead atoms. The maximum absolute atomic E-state index is 10.0. The molecule has 0 heterocycles. The average molecular weight is 118 g/mol. The van der Waals surface area contributed by atoms with E-state index in [1.165, 1.54) is 0 Å². The molecular weight excluding hydrogens is 108 g/mol. The van der Waals surface area contributed by atoms with Gasteiger partial charge >= 0.3 is 5.97 Å². The first-order chi connectivity index (χ1) is 3.72. The molecule has 8 heavy (non-hydrogen) atoms. The first-order valence-electron chi connectivity index (χ1n) is 2.56. The Hall–Kier alpha value is -0.570. The smallest absolute Gasteiger partial charge is 0.308 e. The molecule has 3 nitrogen and oxygen atoms in total. The van der Waals surface area contributed by atoms with Crippen molar-refractivity contribution in [2.75, 3.05) is 6.61 Å². The van der Waals surface area contributed by atoms with Crippen molar-refractivity contribution >= 4 is 5.97 Å². The lowest BCUT2D eigenvalue weighted by Crippen LogP contribution is -2.16. The summed E-state index contributed by atoms with van der Waals surface area (Å²) < 4.78 is 0. The van der Waals surface area contributed by atoms with Crippen LogP contribution in [0.1, 0.15) is 13.3 Å². The second-order valence-electron chi connectivity index (χ2n) is 1.63. The molecule has 0 aromatic carbocycles. The van der Waals surface area contributed by atoms with Crippen molar-refractivity contribution in [3.63, 3.8) is 0 Å². The van der Waals surface area contributed by atoms with Crippen molar-refractivity contribution in [3.8, 4) is 0 Å². The second kappa shape index (κ2) is 3.43. The minimum absolute atomic E-state index is 0.258. The number of rotatable bonds is 3. The maximum Gasteiger partial charge on any atom is 0.308 e. The quantitative estimate of drug-likeness (QED) is 0.552. The molecule has 0 aliphatic carbocycles. The van der Waals surface area contributed by atoms with Crippen molar-refractivity contribution < 1.29 is 15.0 Å². The highest BCUT2D eigenvalue weighted by atomic mass is 16.4. The van der Waals surface area contributed by atoms with E-state index in [4.69, 9.17) is 10.2 Å². The van der Waals surface area contributed by atoms with Crippen LogP contribution in [0.4, 0.5) is 0 Å². The lowest BCUT2D eigenvalue weighted by molar-refractivity contribution is -0.143. The van der Waals surface area contributed by atoms with Crippen LogP contribution < -0.4 is 0 Å². The third-order valence-electron chi connectivity index (χ3n) is 1.06. The summed E-state index contributed by atoms with van der Waals surface area (Å²) in [5.41, 5.74) is 0. The molecule has 0 saturated heterocycles. The lowest BCUT2D eigenvalue weighted by atomic mass is 10.1. The molecule has 0 amide bonds.